The van der Waals surface area contributed by atoms with E-state index < -0.39 is 0 Å². The molecule has 0 spiro atoms. The van der Waals surface area contributed by atoms with Crippen LogP contribution in [0.5, 0.6) is 11.5 Å². The highest BCUT2D eigenvalue weighted by Gasteiger charge is 2.05. The number of methoxy groups -OCH3 is 2. The van der Waals surface area contributed by atoms with Crippen molar-refractivity contribution in [2.24, 2.45) is 0 Å². The molecule has 6 heteroatoms. The fraction of sp³-hybridized carbons (Fsp3) is 0.500. The Hall–Kier alpha value is -1.79. The van der Waals surface area contributed by atoms with Crippen LogP contribution in [-0.4, -0.2) is 53.0 Å². The first kappa shape index (κ1) is 16.3. The summed E-state index contributed by atoms with van der Waals surface area (Å²) in [7, 11) is 3.21. The standard InChI is InChI=1S/C14H22N2O4/c1-18-10-9-15-7-8-16-14(17)11-20-13-6-4-3-5-12(13)19-2/h3-6,15H,7-11H2,1-2H3,(H,16,17). The van der Waals surface area contributed by atoms with Gasteiger partial charge in [-0.25, -0.2) is 0 Å². The average molecular weight is 282 g/mol. The molecular weight excluding hydrogens is 260 g/mol. The van der Waals surface area contributed by atoms with Crippen molar-refractivity contribution in [1.82, 2.24) is 10.6 Å². The monoisotopic (exact) mass is 282 g/mol. The highest BCUT2D eigenvalue weighted by atomic mass is 16.5. The first-order valence-electron chi connectivity index (χ1n) is 6.50. The van der Waals surface area contributed by atoms with Crippen LogP contribution in [-0.2, 0) is 9.53 Å². The maximum absolute atomic E-state index is 11.6. The molecule has 0 bridgehead atoms. The highest BCUT2D eigenvalue weighted by Crippen LogP contribution is 2.25. The van der Waals surface area contributed by atoms with Crippen molar-refractivity contribution in [1.29, 1.82) is 0 Å². The van der Waals surface area contributed by atoms with E-state index in [-0.39, 0.29) is 12.5 Å². The van der Waals surface area contributed by atoms with Gasteiger partial charge in [-0.3, -0.25) is 4.79 Å². The van der Waals surface area contributed by atoms with E-state index in [1.807, 2.05) is 12.1 Å². The minimum absolute atomic E-state index is 0.0293. The van der Waals surface area contributed by atoms with Gasteiger partial charge in [0.2, 0.25) is 0 Å². The lowest BCUT2D eigenvalue weighted by Gasteiger charge is -2.10. The number of rotatable bonds is 10. The molecule has 112 valence electrons. The Kier molecular flexibility index (Phi) is 8.17. The van der Waals surface area contributed by atoms with Gasteiger partial charge < -0.3 is 24.8 Å². The van der Waals surface area contributed by atoms with Gasteiger partial charge in [-0.05, 0) is 12.1 Å². The molecule has 0 unspecified atom stereocenters. The molecule has 0 aliphatic heterocycles. The lowest BCUT2D eigenvalue weighted by atomic mass is 10.3. The van der Waals surface area contributed by atoms with Crippen LogP contribution in [0.1, 0.15) is 0 Å². The quantitative estimate of drug-likeness (QED) is 0.609. The molecule has 0 aliphatic carbocycles. The topological polar surface area (TPSA) is 68.8 Å². The Balaban J connectivity index is 2.16. The van der Waals surface area contributed by atoms with E-state index in [9.17, 15) is 4.79 Å². The second kappa shape index (κ2) is 10.1. The van der Waals surface area contributed by atoms with Crippen molar-refractivity contribution in [2.45, 2.75) is 0 Å². The van der Waals surface area contributed by atoms with Crippen LogP contribution in [0.2, 0.25) is 0 Å². The van der Waals surface area contributed by atoms with Crippen molar-refractivity contribution in [3.8, 4) is 11.5 Å². The van der Waals surface area contributed by atoms with Gasteiger partial charge in [-0.2, -0.15) is 0 Å². The first-order chi connectivity index (χ1) is 9.77. The van der Waals surface area contributed by atoms with E-state index in [2.05, 4.69) is 10.6 Å². The molecule has 0 heterocycles. The summed E-state index contributed by atoms with van der Waals surface area (Å²) in [5, 5.41) is 5.89. The summed E-state index contributed by atoms with van der Waals surface area (Å²) in [6, 6.07) is 7.22. The van der Waals surface area contributed by atoms with Crippen molar-refractivity contribution in [2.75, 3.05) is 47.1 Å². The third-order valence-electron chi connectivity index (χ3n) is 2.53. The van der Waals surface area contributed by atoms with Gasteiger partial charge in [0.15, 0.2) is 18.1 Å². The van der Waals surface area contributed by atoms with Crippen LogP contribution >= 0.6 is 0 Å². The van der Waals surface area contributed by atoms with Gasteiger partial charge in [0.05, 0.1) is 13.7 Å². The second-order valence-electron chi connectivity index (χ2n) is 4.03. The van der Waals surface area contributed by atoms with Crippen molar-refractivity contribution in [3.63, 3.8) is 0 Å². The third-order valence-corrected chi connectivity index (χ3v) is 2.53. The van der Waals surface area contributed by atoms with Crippen LogP contribution in [0.3, 0.4) is 0 Å². The van der Waals surface area contributed by atoms with E-state index in [0.29, 0.717) is 31.2 Å². The van der Waals surface area contributed by atoms with Crippen LogP contribution in [0, 0.1) is 0 Å². The molecule has 1 rings (SSSR count). The summed E-state index contributed by atoms with van der Waals surface area (Å²) in [5.41, 5.74) is 0. The molecule has 0 atom stereocenters. The number of hydrogen-bond donors (Lipinski definition) is 2. The van der Waals surface area contributed by atoms with E-state index in [0.717, 1.165) is 6.54 Å². The van der Waals surface area contributed by atoms with Gasteiger partial charge >= 0.3 is 0 Å². The number of carbonyl (C=O) groups excluding carboxylic acids is 1. The number of para-hydroxylation sites is 2. The summed E-state index contributed by atoms with van der Waals surface area (Å²) in [6.07, 6.45) is 0. The molecule has 1 aromatic rings. The van der Waals surface area contributed by atoms with E-state index in [4.69, 9.17) is 14.2 Å². The average Bonchev–Trinajstić information content (AvgIpc) is 2.49. The SMILES string of the molecule is COCCNCCNC(=O)COc1ccccc1OC. The molecule has 0 aliphatic rings. The predicted molar refractivity (Wildman–Crippen MR) is 76.2 cm³/mol. The molecule has 20 heavy (non-hydrogen) atoms. The summed E-state index contributed by atoms with van der Waals surface area (Å²) in [4.78, 5) is 11.6. The number of hydrogen-bond acceptors (Lipinski definition) is 5. The van der Waals surface area contributed by atoms with E-state index >= 15 is 0 Å². The van der Waals surface area contributed by atoms with Crippen molar-refractivity contribution >= 4 is 5.91 Å². The zero-order valence-corrected chi connectivity index (χ0v) is 12.0. The van der Waals surface area contributed by atoms with Crippen LogP contribution in [0.25, 0.3) is 0 Å². The smallest absolute Gasteiger partial charge is 0.257 e. The van der Waals surface area contributed by atoms with Crippen LogP contribution in [0.15, 0.2) is 24.3 Å². The predicted octanol–water partition coefficient (Wildman–Crippen LogP) is 0.426. The zero-order chi connectivity index (χ0) is 14.6. The molecule has 6 nitrogen and oxygen atoms in total. The second-order valence-corrected chi connectivity index (χ2v) is 4.03. The number of ether oxygens (including phenoxy) is 3. The van der Waals surface area contributed by atoms with E-state index in [1.165, 1.54) is 0 Å². The van der Waals surface area contributed by atoms with Crippen LogP contribution < -0.4 is 20.1 Å². The summed E-state index contributed by atoms with van der Waals surface area (Å²) >= 11 is 0. The molecule has 1 amide bonds. The van der Waals surface area contributed by atoms with Crippen molar-refractivity contribution < 1.29 is 19.0 Å². The fourth-order valence-corrected chi connectivity index (χ4v) is 1.52. The highest BCUT2D eigenvalue weighted by molar-refractivity contribution is 5.77. The lowest BCUT2D eigenvalue weighted by Crippen LogP contribution is -2.35. The first-order valence-corrected chi connectivity index (χ1v) is 6.50. The lowest BCUT2D eigenvalue weighted by molar-refractivity contribution is -0.123. The minimum atomic E-state index is -0.163. The van der Waals surface area contributed by atoms with Gasteiger partial charge in [0, 0.05) is 26.7 Å². The fourth-order valence-electron chi connectivity index (χ4n) is 1.52. The molecule has 0 aromatic heterocycles. The number of carbonyl (C=O) groups is 1. The van der Waals surface area contributed by atoms with Gasteiger partial charge in [-0.15, -0.1) is 0 Å². The maximum atomic E-state index is 11.6. The van der Waals surface area contributed by atoms with E-state index in [1.54, 1.807) is 26.4 Å². The summed E-state index contributed by atoms with van der Waals surface area (Å²) < 4.78 is 15.4. The molecular formula is C14H22N2O4. The largest absolute Gasteiger partial charge is 0.493 e. The van der Waals surface area contributed by atoms with Gasteiger partial charge in [0.1, 0.15) is 0 Å². The zero-order valence-electron chi connectivity index (χ0n) is 12.0. The number of nitrogens with one attached hydrogen (secondary N) is 2. The minimum Gasteiger partial charge on any atom is -0.493 e. The van der Waals surface area contributed by atoms with Crippen LogP contribution in [0.4, 0.5) is 0 Å². The Morgan fingerprint density at radius 2 is 1.85 bits per heavy atom. The molecule has 0 fully saturated rings. The molecule has 0 saturated heterocycles. The van der Waals surface area contributed by atoms with Gasteiger partial charge in [0.25, 0.3) is 5.91 Å². The van der Waals surface area contributed by atoms with Crippen molar-refractivity contribution in [3.05, 3.63) is 24.3 Å². The molecule has 2 N–H and O–H groups in total. The molecule has 0 radical (unpaired) electrons. The molecule has 0 saturated carbocycles. The number of amides is 1. The Labute approximate surface area is 119 Å². The van der Waals surface area contributed by atoms with Gasteiger partial charge in [-0.1, -0.05) is 12.1 Å². The normalized spacial score (nSPS) is 10.1. The third kappa shape index (κ3) is 6.40. The maximum Gasteiger partial charge on any atom is 0.257 e. The number of benzene rings is 1. The Morgan fingerprint density at radius 1 is 1.10 bits per heavy atom. The molecule has 1 aromatic carbocycles. The summed E-state index contributed by atoms with van der Waals surface area (Å²) in [6.45, 7) is 2.65. The Morgan fingerprint density at radius 3 is 2.55 bits per heavy atom. The Bertz CT molecular complexity index is 399. The summed E-state index contributed by atoms with van der Waals surface area (Å²) in [5.74, 6) is 1.01.